The quantitative estimate of drug-likeness (QED) is 0.436. The van der Waals surface area contributed by atoms with E-state index in [-0.39, 0.29) is 17.3 Å². The van der Waals surface area contributed by atoms with E-state index < -0.39 is 5.91 Å². The number of carbonyl (C=O) groups is 1. The Kier molecular flexibility index (Phi) is 4.74. The Morgan fingerprint density at radius 2 is 1.59 bits per heavy atom. The van der Waals surface area contributed by atoms with Crippen molar-refractivity contribution in [2.24, 2.45) is 0 Å². The van der Waals surface area contributed by atoms with Crippen LogP contribution in [0.3, 0.4) is 0 Å². The van der Waals surface area contributed by atoms with E-state index in [2.05, 4.69) is 15.4 Å². The molecule has 5 rings (SSSR count). The van der Waals surface area contributed by atoms with Gasteiger partial charge < -0.3 is 5.32 Å². The van der Waals surface area contributed by atoms with Gasteiger partial charge in [-0.15, -0.1) is 0 Å². The number of hydrogen-bond donors (Lipinski definition) is 1. The summed E-state index contributed by atoms with van der Waals surface area (Å²) in [4.78, 5) is 17.7. The number of nitrogens with one attached hydrogen (secondary N) is 1. The van der Waals surface area contributed by atoms with Crippen molar-refractivity contribution in [1.82, 2.24) is 19.2 Å². The normalized spacial score (nSPS) is 11.1. The van der Waals surface area contributed by atoms with Gasteiger partial charge in [-0.25, -0.2) is 18.4 Å². The smallest absolute Gasteiger partial charge is 0.277 e. The zero-order chi connectivity index (χ0) is 22.2. The molecule has 0 saturated heterocycles. The average molecular weight is 429 g/mol. The van der Waals surface area contributed by atoms with E-state index in [9.17, 15) is 13.6 Å². The number of aromatic nitrogens is 4. The SMILES string of the molecule is Cc1ccn2c(NC(=O)c3ccn(-c4ccc(F)cc4)n3)c(-c3ccc(F)cc3)nc2c1. The number of fused-ring (bicyclic) bond motifs is 1. The summed E-state index contributed by atoms with van der Waals surface area (Å²) in [6.45, 7) is 1.95. The van der Waals surface area contributed by atoms with Crippen molar-refractivity contribution in [2.45, 2.75) is 6.92 Å². The van der Waals surface area contributed by atoms with Gasteiger partial charge in [0.25, 0.3) is 5.91 Å². The molecule has 0 unspecified atom stereocenters. The van der Waals surface area contributed by atoms with E-state index >= 15 is 0 Å². The number of rotatable bonds is 4. The van der Waals surface area contributed by atoms with Crippen LogP contribution in [0.25, 0.3) is 22.6 Å². The molecule has 3 aromatic heterocycles. The van der Waals surface area contributed by atoms with Crippen molar-refractivity contribution in [3.05, 3.63) is 102 Å². The van der Waals surface area contributed by atoms with Crippen molar-refractivity contribution in [1.29, 1.82) is 0 Å². The highest BCUT2D eigenvalue weighted by molar-refractivity contribution is 6.04. The molecular formula is C24H17F2N5O. The number of anilines is 1. The number of pyridine rings is 1. The van der Waals surface area contributed by atoms with Crippen LogP contribution in [-0.2, 0) is 0 Å². The Balaban J connectivity index is 1.52. The van der Waals surface area contributed by atoms with Gasteiger partial charge in [-0.1, -0.05) is 0 Å². The van der Waals surface area contributed by atoms with Crippen LogP contribution in [-0.4, -0.2) is 25.1 Å². The van der Waals surface area contributed by atoms with Crippen LogP contribution in [0.1, 0.15) is 16.1 Å². The summed E-state index contributed by atoms with van der Waals surface area (Å²) < 4.78 is 29.9. The lowest BCUT2D eigenvalue weighted by Gasteiger charge is -2.07. The molecule has 1 N–H and O–H groups in total. The van der Waals surface area contributed by atoms with E-state index in [0.29, 0.717) is 28.4 Å². The fraction of sp³-hybridized carbons (Fsp3) is 0.0417. The lowest BCUT2D eigenvalue weighted by atomic mass is 10.1. The van der Waals surface area contributed by atoms with Crippen molar-refractivity contribution in [3.63, 3.8) is 0 Å². The van der Waals surface area contributed by atoms with Gasteiger partial charge in [-0.3, -0.25) is 9.20 Å². The lowest BCUT2D eigenvalue weighted by molar-refractivity contribution is 0.102. The highest BCUT2D eigenvalue weighted by atomic mass is 19.1. The Labute approximate surface area is 181 Å². The van der Waals surface area contributed by atoms with E-state index in [1.165, 1.54) is 28.9 Å². The van der Waals surface area contributed by atoms with Gasteiger partial charge in [0, 0.05) is 18.0 Å². The summed E-state index contributed by atoms with van der Waals surface area (Å²) in [6.07, 6.45) is 3.44. The maximum absolute atomic E-state index is 13.4. The molecule has 32 heavy (non-hydrogen) atoms. The third-order valence-electron chi connectivity index (χ3n) is 5.04. The first-order chi connectivity index (χ1) is 15.5. The van der Waals surface area contributed by atoms with Crippen LogP contribution in [0.2, 0.25) is 0 Å². The molecule has 2 aromatic carbocycles. The fourth-order valence-electron chi connectivity index (χ4n) is 3.43. The monoisotopic (exact) mass is 429 g/mol. The van der Waals surface area contributed by atoms with Crippen molar-refractivity contribution >= 4 is 17.4 Å². The number of aryl methyl sites for hydroxylation is 1. The first-order valence-corrected chi connectivity index (χ1v) is 9.85. The molecule has 0 aliphatic rings. The van der Waals surface area contributed by atoms with Gasteiger partial charge in [0.1, 0.15) is 28.8 Å². The Hall–Kier alpha value is -4.33. The molecule has 1 amide bonds. The molecule has 8 heteroatoms. The predicted octanol–water partition coefficient (Wildman–Crippen LogP) is 5.03. The fourth-order valence-corrected chi connectivity index (χ4v) is 3.43. The lowest BCUT2D eigenvalue weighted by Crippen LogP contribution is -2.15. The molecule has 0 radical (unpaired) electrons. The van der Waals surface area contributed by atoms with Crippen LogP contribution in [0, 0.1) is 18.6 Å². The number of benzene rings is 2. The first-order valence-electron chi connectivity index (χ1n) is 9.85. The Morgan fingerprint density at radius 3 is 2.31 bits per heavy atom. The Morgan fingerprint density at radius 1 is 0.906 bits per heavy atom. The second-order valence-corrected chi connectivity index (χ2v) is 7.32. The zero-order valence-electron chi connectivity index (χ0n) is 17.0. The summed E-state index contributed by atoms with van der Waals surface area (Å²) in [5.41, 5.74) is 3.66. The minimum absolute atomic E-state index is 0.182. The minimum Gasteiger partial charge on any atom is -0.304 e. The molecule has 0 saturated carbocycles. The molecule has 3 heterocycles. The molecule has 0 fully saturated rings. The second kappa shape index (κ2) is 7.73. The van der Waals surface area contributed by atoms with Crippen LogP contribution in [0.15, 0.2) is 79.1 Å². The van der Waals surface area contributed by atoms with Crippen molar-refractivity contribution in [3.8, 4) is 16.9 Å². The topological polar surface area (TPSA) is 64.2 Å². The van der Waals surface area contributed by atoms with Gasteiger partial charge in [0.15, 0.2) is 5.69 Å². The van der Waals surface area contributed by atoms with Crippen LogP contribution >= 0.6 is 0 Å². The van der Waals surface area contributed by atoms with E-state index in [1.54, 1.807) is 40.9 Å². The molecule has 0 aliphatic carbocycles. The number of amides is 1. The van der Waals surface area contributed by atoms with Gasteiger partial charge in [-0.2, -0.15) is 5.10 Å². The molecule has 158 valence electrons. The van der Waals surface area contributed by atoms with Crippen molar-refractivity contribution < 1.29 is 13.6 Å². The third-order valence-corrected chi connectivity index (χ3v) is 5.04. The summed E-state index contributed by atoms with van der Waals surface area (Å²) in [5.74, 6) is -0.690. The number of halogens is 2. The summed E-state index contributed by atoms with van der Waals surface area (Å²) in [7, 11) is 0. The highest BCUT2D eigenvalue weighted by Gasteiger charge is 2.19. The van der Waals surface area contributed by atoms with Gasteiger partial charge in [-0.05, 0) is 79.2 Å². The van der Waals surface area contributed by atoms with E-state index in [1.807, 2.05) is 25.3 Å². The van der Waals surface area contributed by atoms with Crippen LogP contribution in [0.5, 0.6) is 0 Å². The third kappa shape index (κ3) is 3.62. The predicted molar refractivity (Wildman–Crippen MR) is 117 cm³/mol. The standard InChI is InChI=1S/C24H17F2N5O/c1-15-10-12-30-21(14-15)27-22(16-2-4-17(25)5-3-16)23(30)28-24(32)20-11-13-31(29-20)19-8-6-18(26)7-9-19/h2-14H,1H3,(H,28,32). The first kappa shape index (κ1) is 19.6. The van der Waals surface area contributed by atoms with E-state index in [0.717, 1.165) is 5.56 Å². The average Bonchev–Trinajstić information content (AvgIpc) is 3.40. The summed E-state index contributed by atoms with van der Waals surface area (Å²) >= 11 is 0. The number of imidazole rings is 1. The maximum Gasteiger partial charge on any atom is 0.277 e. The number of hydrogen-bond acceptors (Lipinski definition) is 3. The largest absolute Gasteiger partial charge is 0.304 e. The van der Waals surface area contributed by atoms with E-state index in [4.69, 9.17) is 0 Å². The molecular weight excluding hydrogens is 412 g/mol. The summed E-state index contributed by atoms with van der Waals surface area (Å²) in [6, 6.07) is 17.1. The van der Waals surface area contributed by atoms with Gasteiger partial charge in [0.05, 0.1) is 5.69 Å². The maximum atomic E-state index is 13.4. The van der Waals surface area contributed by atoms with Gasteiger partial charge in [0.2, 0.25) is 0 Å². The highest BCUT2D eigenvalue weighted by Crippen LogP contribution is 2.29. The van der Waals surface area contributed by atoms with Crippen molar-refractivity contribution in [2.75, 3.05) is 5.32 Å². The minimum atomic E-state index is -0.434. The summed E-state index contributed by atoms with van der Waals surface area (Å²) in [5, 5.41) is 7.19. The second-order valence-electron chi connectivity index (χ2n) is 7.32. The Bertz CT molecular complexity index is 1440. The molecule has 0 aliphatic heterocycles. The molecule has 0 spiro atoms. The zero-order valence-corrected chi connectivity index (χ0v) is 17.0. The molecule has 6 nitrogen and oxygen atoms in total. The number of nitrogens with zero attached hydrogens (tertiary/aromatic N) is 4. The van der Waals surface area contributed by atoms with Crippen LogP contribution in [0.4, 0.5) is 14.6 Å². The van der Waals surface area contributed by atoms with Crippen LogP contribution < -0.4 is 5.32 Å². The molecule has 0 bridgehead atoms. The van der Waals surface area contributed by atoms with Gasteiger partial charge >= 0.3 is 0 Å². The number of carbonyl (C=O) groups excluding carboxylic acids is 1. The molecule has 0 atom stereocenters. The molecule has 5 aromatic rings.